The van der Waals surface area contributed by atoms with Gasteiger partial charge < -0.3 is 28.3 Å². The van der Waals surface area contributed by atoms with Crippen LogP contribution in [-0.4, -0.2) is 36.9 Å². The number of phosphoric acid groups is 1. The van der Waals surface area contributed by atoms with Crippen LogP contribution in [0.25, 0.3) is 0 Å². The molecule has 0 saturated carbocycles. The molecule has 0 aliphatic carbocycles. The molecule has 0 rings (SSSR count). The van der Waals surface area contributed by atoms with Crippen LogP contribution in [0.5, 0.6) is 0 Å². The van der Waals surface area contributed by atoms with Crippen molar-refractivity contribution in [2.24, 2.45) is 0 Å². The third kappa shape index (κ3) is 11.3. The molecular weight excluding hydrogens is 242 g/mol. The predicted octanol–water partition coefficient (Wildman–Crippen LogP) is -4.57. The van der Waals surface area contributed by atoms with E-state index in [0.29, 0.717) is 0 Å². The van der Waals surface area contributed by atoms with Gasteiger partial charge in [-0.2, -0.15) is 0 Å². The Morgan fingerprint density at radius 3 is 2.29 bits per heavy atom. The molecule has 0 aliphatic heterocycles. The van der Waals surface area contributed by atoms with Crippen molar-refractivity contribution < 1.29 is 62.5 Å². The van der Waals surface area contributed by atoms with Crippen LogP contribution in [-0.2, 0) is 13.6 Å². The summed E-state index contributed by atoms with van der Waals surface area (Å²) in [5.74, 6) is 0. The van der Waals surface area contributed by atoms with Crippen molar-refractivity contribution in [3.8, 4) is 0 Å². The molecule has 0 fully saturated rings. The summed E-state index contributed by atoms with van der Waals surface area (Å²) in [4.78, 5) is 36.1. The number of phosphoric ester groups is 1. The fraction of sp³-hybridized carbons (Fsp3) is 1.00. The SMILES string of the molecule is COP(=O)([O-])OCCC[Si](O)(O)O.[Na+]. The topological polar surface area (TPSA) is 119 Å². The molecule has 1 unspecified atom stereocenters. The molecule has 3 N–H and O–H groups in total. The average molecular weight is 254 g/mol. The van der Waals surface area contributed by atoms with E-state index < -0.39 is 16.6 Å². The van der Waals surface area contributed by atoms with Gasteiger partial charge in [-0.25, -0.2) is 0 Å². The van der Waals surface area contributed by atoms with Crippen LogP contribution < -0.4 is 34.5 Å². The first-order valence-corrected chi connectivity index (χ1v) is 6.96. The van der Waals surface area contributed by atoms with Gasteiger partial charge in [-0.15, -0.1) is 0 Å². The Balaban J connectivity index is 0. The van der Waals surface area contributed by atoms with E-state index in [-0.39, 0.29) is 48.6 Å². The number of hydrogen-bond donors (Lipinski definition) is 3. The van der Waals surface area contributed by atoms with Gasteiger partial charge in [0.25, 0.3) is 7.82 Å². The first-order valence-electron chi connectivity index (χ1n) is 3.45. The predicted molar refractivity (Wildman–Crippen MR) is 42.4 cm³/mol. The van der Waals surface area contributed by atoms with Crippen LogP contribution in [0.1, 0.15) is 6.42 Å². The van der Waals surface area contributed by atoms with Crippen LogP contribution in [0.4, 0.5) is 0 Å². The number of hydrogen-bond acceptors (Lipinski definition) is 7. The minimum Gasteiger partial charge on any atom is -0.756 e. The minimum atomic E-state index is -4.23. The maximum absolute atomic E-state index is 10.5. The van der Waals surface area contributed by atoms with E-state index in [0.717, 1.165) is 7.11 Å². The molecule has 0 radical (unpaired) electrons. The molecule has 0 spiro atoms. The molecular formula is C4H12NaO7PSi. The van der Waals surface area contributed by atoms with Gasteiger partial charge >= 0.3 is 38.4 Å². The van der Waals surface area contributed by atoms with E-state index in [1.54, 1.807) is 0 Å². The molecule has 1 atom stereocenters. The molecule has 14 heavy (non-hydrogen) atoms. The maximum Gasteiger partial charge on any atom is 1.00 e. The monoisotopic (exact) mass is 254 g/mol. The molecule has 0 aliphatic rings. The van der Waals surface area contributed by atoms with Crippen molar-refractivity contribution in [3.05, 3.63) is 0 Å². The van der Waals surface area contributed by atoms with Gasteiger partial charge in [0.05, 0.1) is 6.61 Å². The average Bonchev–Trinajstić information content (AvgIpc) is 1.97. The van der Waals surface area contributed by atoms with Crippen LogP contribution in [0.15, 0.2) is 0 Å². The summed E-state index contributed by atoms with van der Waals surface area (Å²) in [6.07, 6.45) is 0.0330. The standard InChI is InChI=1S/C4H13O7PSi.Na/c1-10-12(5,6)11-3-2-4-13(7,8)9;/h7-9H,2-4H2,1H3,(H,5,6);/q;+1/p-1. The third-order valence-electron chi connectivity index (χ3n) is 1.13. The first-order chi connectivity index (χ1) is 5.77. The zero-order chi connectivity index (χ0) is 10.5. The van der Waals surface area contributed by atoms with Crippen LogP contribution in [0.3, 0.4) is 0 Å². The number of rotatable bonds is 6. The first kappa shape index (κ1) is 17.6. The smallest absolute Gasteiger partial charge is 0.756 e. The summed E-state index contributed by atoms with van der Waals surface area (Å²) in [6.45, 7) is -0.245. The molecule has 80 valence electrons. The normalized spacial score (nSPS) is 15.8. The van der Waals surface area contributed by atoms with Crippen molar-refractivity contribution >= 4 is 16.6 Å². The van der Waals surface area contributed by atoms with E-state index in [2.05, 4.69) is 9.05 Å². The second kappa shape index (κ2) is 7.48. The minimum absolute atomic E-state index is 0. The maximum atomic E-state index is 10.5. The van der Waals surface area contributed by atoms with E-state index in [9.17, 15) is 9.46 Å². The molecule has 0 heterocycles. The Hall–Kier alpha value is 1.21. The van der Waals surface area contributed by atoms with Gasteiger partial charge in [0.2, 0.25) is 0 Å². The molecule has 0 amide bonds. The molecule has 10 heteroatoms. The van der Waals surface area contributed by atoms with Crippen LogP contribution >= 0.6 is 7.82 Å². The van der Waals surface area contributed by atoms with E-state index in [1.165, 1.54) is 0 Å². The summed E-state index contributed by atoms with van der Waals surface area (Å²) in [5.41, 5.74) is 0. The van der Waals surface area contributed by atoms with Gasteiger partial charge in [0.15, 0.2) is 0 Å². The Kier molecular flexibility index (Phi) is 9.40. The van der Waals surface area contributed by atoms with Crippen molar-refractivity contribution in [2.75, 3.05) is 13.7 Å². The summed E-state index contributed by atoms with van der Waals surface area (Å²) in [6, 6.07) is -0.267. The van der Waals surface area contributed by atoms with E-state index in [1.807, 2.05) is 0 Å². The summed E-state index contributed by atoms with van der Waals surface area (Å²) in [5, 5.41) is 0. The molecule has 0 aromatic rings. The van der Waals surface area contributed by atoms with E-state index >= 15 is 0 Å². The molecule has 0 saturated heterocycles. The largest absolute Gasteiger partial charge is 1.00 e. The third-order valence-corrected chi connectivity index (χ3v) is 3.10. The zero-order valence-corrected chi connectivity index (χ0v) is 11.9. The fourth-order valence-electron chi connectivity index (χ4n) is 0.538. The Morgan fingerprint density at radius 1 is 1.43 bits per heavy atom. The Morgan fingerprint density at radius 2 is 1.93 bits per heavy atom. The molecule has 0 aromatic carbocycles. The van der Waals surface area contributed by atoms with Gasteiger partial charge in [-0.3, -0.25) is 4.57 Å². The second-order valence-electron chi connectivity index (χ2n) is 2.34. The Labute approximate surface area is 105 Å². The van der Waals surface area contributed by atoms with Crippen molar-refractivity contribution in [2.45, 2.75) is 12.5 Å². The van der Waals surface area contributed by atoms with Crippen molar-refractivity contribution in [1.29, 1.82) is 0 Å². The van der Waals surface area contributed by atoms with Crippen molar-refractivity contribution in [3.63, 3.8) is 0 Å². The summed E-state index contributed by atoms with van der Waals surface area (Å²) in [7, 11) is -7.36. The quantitative estimate of drug-likeness (QED) is 0.248. The van der Waals surface area contributed by atoms with E-state index in [4.69, 9.17) is 14.4 Å². The van der Waals surface area contributed by atoms with Gasteiger partial charge in [-0.1, -0.05) is 0 Å². The molecule has 7 nitrogen and oxygen atoms in total. The van der Waals surface area contributed by atoms with Crippen molar-refractivity contribution in [1.82, 2.24) is 0 Å². The summed E-state index contributed by atoms with van der Waals surface area (Å²) >= 11 is 0. The van der Waals surface area contributed by atoms with Gasteiger partial charge in [-0.05, 0) is 6.42 Å². The fourth-order valence-corrected chi connectivity index (χ4v) is 1.62. The summed E-state index contributed by atoms with van der Waals surface area (Å²) < 4.78 is 18.7. The Bertz CT molecular complexity index is 195. The second-order valence-corrected chi connectivity index (χ2v) is 5.91. The zero-order valence-electron chi connectivity index (χ0n) is 8.04. The van der Waals surface area contributed by atoms with Crippen LogP contribution in [0.2, 0.25) is 6.04 Å². The van der Waals surface area contributed by atoms with Gasteiger partial charge in [0, 0.05) is 13.2 Å². The van der Waals surface area contributed by atoms with Crippen LogP contribution in [0, 0.1) is 0 Å². The van der Waals surface area contributed by atoms with Gasteiger partial charge in [0.1, 0.15) is 0 Å². The molecule has 0 aromatic heterocycles. The molecule has 0 bridgehead atoms.